The zero-order valence-corrected chi connectivity index (χ0v) is 9.61. The molecule has 0 aliphatic carbocycles. The number of carbonyl (C=O) groups is 1. The summed E-state index contributed by atoms with van der Waals surface area (Å²) in [6.07, 6.45) is 5.94. The largest absolute Gasteiger partial charge is 0.374 e. The van der Waals surface area contributed by atoms with E-state index >= 15 is 0 Å². The van der Waals surface area contributed by atoms with Crippen molar-refractivity contribution in [3.63, 3.8) is 0 Å². The Morgan fingerprint density at radius 1 is 1.50 bits per heavy atom. The summed E-state index contributed by atoms with van der Waals surface area (Å²) in [5.41, 5.74) is 0. The Kier molecular flexibility index (Phi) is 2.46. The highest BCUT2D eigenvalue weighted by Gasteiger charge is 2.45. The smallest absolute Gasteiger partial charge is 0.250 e. The van der Waals surface area contributed by atoms with Crippen LogP contribution in [0.2, 0.25) is 0 Å². The average Bonchev–Trinajstić information content (AvgIpc) is 2.94. The fourth-order valence-corrected chi connectivity index (χ4v) is 3.05. The molecule has 2 saturated heterocycles. The quantitative estimate of drug-likeness (QED) is 0.781. The van der Waals surface area contributed by atoms with E-state index in [-0.39, 0.29) is 11.9 Å². The van der Waals surface area contributed by atoms with Crippen molar-refractivity contribution in [3.05, 3.63) is 0 Å². The lowest BCUT2D eigenvalue weighted by molar-refractivity contribution is -0.120. The number of nitrogens with zero attached hydrogens (tertiary/aromatic N) is 1. The van der Waals surface area contributed by atoms with E-state index in [1.807, 2.05) is 0 Å². The molecule has 1 amide bonds. The van der Waals surface area contributed by atoms with E-state index < -0.39 is 0 Å². The zero-order valence-electron chi connectivity index (χ0n) is 9.61. The van der Waals surface area contributed by atoms with Gasteiger partial charge in [-0.15, -0.1) is 0 Å². The highest BCUT2D eigenvalue weighted by molar-refractivity contribution is 6.07. The molecule has 4 heteroatoms. The molecule has 4 nitrogen and oxygen atoms in total. The van der Waals surface area contributed by atoms with E-state index in [1.165, 1.54) is 6.42 Å². The summed E-state index contributed by atoms with van der Waals surface area (Å²) in [4.78, 5) is 16.2. The van der Waals surface area contributed by atoms with Crippen LogP contribution in [0.5, 0.6) is 0 Å². The predicted octanol–water partition coefficient (Wildman–Crippen LogP) is 1.25. The SMILES string of the molecule is CCCC1N=C(C2CC3CCC2O3)NC1=O. The van der Waals surface area contributed by atoms with Crippen LogP contribution in [0, 0.1) is 5.92 Å². The maximum atomic E-state index is 11.7. The van der Waals surface area contributed by atoms with Gasteiger partial charge in [-0.2, -0.15) is 0 Å². The van der Waals surface area contributed by atoms with Crippen molar-refractivity contribution in [1.29, 1.82) is 0 Å². The van der Waals surface area contributed by atoms with E-state index in [2.05, 4.69) is 17.2 Å². The minimum absolute atomic E-state index is 0.0830. The second kappa shape index (κ2) is 3.84. The molecule has 1 N–H and O–H groups in total. The van der Waals surface area contributed by atoms with Crippen LogP contribution in [-0.2, 0) is 9.53 Å². The Hall–Kier alpha value is -0.900. The van der Waals surface area contributed by atoms with Crippen molar-refractivity contribution in [3.8, 4) is 0 Å². The minimum Gasteiger partial charge on any atom is -0.374 e. The maximum absolute atomic E-state index is 11.7. The van der Waals surface area contributed by atoms with Crippen molar-refractivity contribution in [2.45, 2.75) is 57.3 Å². The molecule has 16 heavy (non-hydrogen) atoms. The molecule has 0 aromatic carbocycles. The van der Waals surface area contributed by atoms with Crippen LogP contribution in [0.15, 0.2) is 4.99 Å². The van der Waals surface area contributed by atoms with Crippen LogP contribution < -0.4 is 5.32 Å². The first-order valence-electron chi connectivity index (χ1n) is 6.32. The zero-order chi connectivity index (χ0) is 11.1. The summed E-state index contributed by atoms with van der Waals surface area (Å²) in [5.74, 6) is 1.33. The van der Waals surface area contributed by atoms with Crippen LogP contribution in [0.25, 0.3) is 0 Å². The second-order valence-electron chi connectivity index (χ2n) is 5.02. The van der Waals surface area contributed by atoms with Gasteiger partial charge in [-0.3, -0.25) is 9.79 Å². The molecule has 2 bridgehead atoms. The van der Waals surface area contributed by atoms with Gasteiger partial charge in [0, 0.05) is 5.92 Å². The summed E-state index contributed by atoms with van der Waals surface area (Å²) in [6.45, 7) is 2.08. The number of ether oxygens (including phenoxy) is 1. The molecule has 3 heterocycles. The molecule has 0 saturated carbocycles. The first-order chi connectivity index (χ1) is 7.78. The van der Waals surface area contributed by atoms with E-state index in [1.54, 1.807) is 0 Å². The van der Waals surface area contributed by atoms with Crippen molar-refractivity contribution in [2.24, 2.45) is 10.9 Å². The number of rotatable bonds is 3. The van der Waals surface area contributed by atoms with Crippen LogP contribution in [-0.4, -0.2) is 30.0 Å². The van der Waals surface area contributed by atoms with Gasteiger partial charge in [0.2, 0.25) is 5.91 Å². The summed E-state index contributed by atoms with van der Waals surface area (Å²) >= 11 is 0. The van der Waals surface area contributed by atoms with Gasteiger partial charge in [0.05, 0.1) is 12.2 Å². The molecule has 4 unspecified atom stereocenters. The Morgan fingerprint density at radius 2 is 2.38 bits per heavy atom. The lowest BCUT2D eigenvalue weighted by Crippen LogP contribution is -2.36. The number of amidine groups is 1. The standard InChI is InChI=1S/C12H18N2O2/c1-2-3-9-12(15)14-11(13-9)8-6-7-4-5-10(8)16-7/h7-10H,2-6H2,1H3,(H,13,14,15). The lowest BCUT2D eigenvalue weighted by Gasteiger charge is -2.17. The van der Waals surface area contributed by atoms with Crippen molar-refractivity contribution in [1.82, 2.24) is 5.32 Å². The van der Waals surface area contributed by atoms with E-state index in [9.17, 15) is 4.79 Å². The van der Waals surface area contributed by atoms with Crippen molar-refractivity contribution in [2.75, 3.05) is 0 Å². The van der Waals surface area contributed by atoms with Crippen molar-refractivity contribution < 1.29 is 9.53 Å². The van der Waals surface area contributed by atoms with E-state index in [0.717, 1.165) is 31.5 Å². The van der Waals surface area contributed by atoms with E-state index in [4.69, 9.17) is 4.74 Å². The Balaban J connectivity index is 1.72. The fraction of sp³-hybridized carbons (Fsp3) is 0.833. The molecular weight excluding hydrogens is 204 g/mol. The summed E-state index contributed by atoms with van der Waals surface area (Å²) in [7, 11) is 0. The number of amides is 1. The first-order valence-corrected chi connectivity index (χ1v) is 6.32. The first kappa shape index (κ1) is 10.3. The molecule has 3 aliphatic rings. The summed E-state index contributed by atoms with van der Waals surface area (Å²) in [6, 6.07) is -0.140. The summed E-state index contributed by atoms with van der Waals surface area (Å²) < 4.78 is 5.80. The highest BCUT2D eigenvalue weighted by Crippen LogP contribution is 2.39. The second-order valence-corrected chi connectivity index (χ2v) is 5.02. The molecule has 0 aromatic heterocycles. The Labute approximate surface area is 95.5 Å². The van der Waals surface area contributed by atoms with Gasteiger partial charge in [0.25, 0.3) is 0 Å². The predicted molar refractivity (Wildman–Crippen MR) is 60.3 cm³/mol. The van der Waals surface area contributed by atoms with Gasteiger partial charge in [0.15, 0.2) is 0 Å². The van der Waals surface area contributed by atoms with Gasteiger partial charge in [-0.1, -0.05) is 13.3 Å². The summed E-state index contributed by atoms with van der Waals surface area (Å²) in [5, 5.41) is 2.95. The van der Waals surface area contributed by atoms with Gasteiger partial charge >= 0.3 is 0 Å². The number of aliphatic imine (C=N–C) groups is 1. The third kappa shape index (κ3) is 1.56. The Bertz CT molecular complexity index is 340. The maximum Gasteiger partial charge on any atom is 0.250 e. The minimum atomic E-state index is -0.140. The topological polar surface area (TPSA) is 50.7 Å². The van der Waals surface area contributed by atoms with Crippen molar-refractivity contribution >= 4 is 11.7 Å². The third-order valence-electron chi connectivity index (χ3n) is 3.87. The van der Waals surface area contributed by atoms with Crippen LogP contribution in [0.1, 0.15) is 39.0 Å². The number of carbonyl (C=O) groups excluding carboxylic acids is 1. The molecule has 88 valence electrons. The fourth-order valence-electron chi connectivity index (χ4n) is 3.05. The molecule has 3 aliphatic heterocycles. The number of hydrogen-bond acceptors (Lipinski definition) is 3. The van der Waals surface area contributed by atoms with Crippen LogP contribution >= 0.6 is 0 Å². The van der Waals surface area contributed by atoms with Gasteiger partial charge in [0.1, 0.15) is 11.9 Å². The molecule has 3 rings (SSSR count). The van der Waals surface area contributed by atoms with Gasteiger partial charge in [-0.25, -0.2) is 0 Å². The average molecular weight is 222 g/mol. The monoisotopic (exact) mass is 222 g/mol. The Morgan fingerprint density at radius 3 is 3.00 bits per heavy atom. The third-order valence-corrected chi connectivity index (χ3v) is 3.87. The molecule has 0 radical (unpaired) electrons. The molecule has 0 aromatic rings. The molecule has 2 fully saturated rings. The highest BCUT2D eigenvalue weighted by atomic mass is 16.5. The van der Waals surface area contributed by atoms with E-state index in [0.29, 0.717) is 18.1 Å². The van der Waals surface area contributed by atoms with Gasteiger partial charge in [-0.05, 0) is 25.7 Å². The van der Waals surface area contributed by atoms with Crippen LogP contribution in [0.4, 0.5) is 0 Å². The number of nitrogens with one attached hydrogen (secondary N) is 1. The van der Waals surface area contributed by atoms with Crippen LogP contribution in [0.3, 0.4) is 0 Å². The lowest BCUT2D eigenvalue weighted by atomic mass is 9.88. The molecule has 0 spiro atoms. The molecule has 4 atom stereocenters. The number of hydrogen-bond donors (Lipinski definition) is 1. The normalized spacial score (nSPS) is 41.3. The molecular formula is C12H18N2O2. The number of fused-ring (bicyclic) bond motifs is 2. The van der Waals surface area contributed by atoms with Gasteiger partial charge < -0.3 is 10.1 Å².